The number of rotatable bonds is 6. The lowest BCUT2D eigenvalue weighted by Crippen LogP contribution is -2.23. The summed E-state index contributed by atoms with van der Waals surface area (Å²) in [6, 6.07) is 9.32. The lowest BCUT2D eigenvalue weighted by molar-refractivity contribution is -0.121. The van der Waals surface area contributed by atoms with Gasteiger partial charge in [-0.3, -0.25) is 9.59 Å². The summed E-state index contributed by atoms with van der Waals surface area (Å²) in [4.78, 5) is 24.0. The Bertz CT molecular complexity index is 657. The number of carbonyl (C=O) groups is 2. The van der Waals surface area contributed by atoms with Crippen LogP contribution in [0.15, 0.2) is 36.4 Å². The van der Waals surface area contributed by atoms with E-state index in [1.54, 1.807) is 24.3 Å². The topological polar surface area (TPSA) is 46.2 Å². The van der Waals surface area contributed by atoms with Crippen molar-refractivity contribution in [3.8, 4) is 0 Å². The summed E-state index contributed by atoms with van der Waals surface area (Å²) >= 11 is 6.96. The molecule has 1 aromatic heterocycles. The number of Topliss-reactive ketones (excluding diaryl/α,β-unsaturated/α-hetero) is 1. The maximum absolute atomic E-state index is 13.0. The van der Waals surface area contributed by atoms with Crippen LogP contribution in [0.4, 0.5) is 4.39 Å². The molecule has 110 valence electrons. The number of halogens is 2. The van der Waals surface area contributed by atoms with Crippen molar-refractivity contribution in [2.75, 3.05) is 0 Å². The van der Waals surface area contributed by atoms with Crippen LogP contribution in [0.2, 0.25) is 4.34 Å². The van der Waals surface area contributed by atoms with Crippen molar-refractivity contribution in [1.82, 2.24) is 5.32 Å². The van der Waals surface area contributed by atoms with E-state index in [1.165, 1.54) is 23.5 Å². The summed E-state index contributed by atoms with van der Waals surface area (Å²) in [5.74, 6) is -0.686. The maximum atomic E-state index is 13.0. The Hall–Kier alpha value is -1.72. The Morgan fingerprint density at radius 3 is 2.67 bits per heavy atom. The van der Waals surface area contributed by atoms with E-state index in [4.69, 9.17) is 11.6 Å². The molecule has 2 rings (SSSR count). The van der Waals surface area contributed by atoms with E-state index < -0.39 is 0 Å². The Labute approximate surface area is 130 Å². The minimum absolute atomic E-state index is 0.101. The van der Waals surface area contributed by atoms with E-state index >= 15 is 0 Å². The first-order chi connectivity index (χ1) is 10.0. The highest BCUT2D eigenvalue weighted by atomic mass is 35.5. The molecular formula is C15H13ClFNO2S. The van der Waals surface area contributed by atoms with E-state index in [0.29, 0.717) is 14.8 Å². The van der Waals surface area contributed by atoms with Gasteiger partial charge in [0.25, 0.3) is 0 Å². The van der Waals surface area contributed by atoms with Crippen LogP contribution in [0, 0.1) is 5.82 Å². The minimum atomic E-state index is -0.341. The average molecular weight is 326 g/mol. The molecule has 1 N–H and O–H groups in total. The van der Waals surface area contributed by atoms with Crippen LogP contribution in [0.5, 0.6) is 0 Å². The number of nitrogens with one attached hydrogen (secondary N) is 1. The molecule has 2 aromatic rings. The third kappa shape index (κ3) is 4.95. The van der Waals surface area contributed by atoms with Crippen LogP contribution >= 0.6 is 22.9 Å². The van der Waals surface area contributed by atoms with Gasteiger partial charge in [-0.05, 0) is 29.8 Å². The molecule has 0 saturated carbocycles. The van der Waals surface area contributed by atoms with Crippen molar-refractivity contribution < 1.29 is 14.0 Å². The Morgan fingerprint density at radius 2 is 2.00 bits per heavy atom. The van der Waals surface area contributed by atoms with Gasteiger partial charge in [-0.2, -0.15) is 0 Å². The van der Waals surface area contributed by atoms with E-state index in [-0.39, 0.29) is 36.9 Å². The van der Waals surface area contributed by atoms with E-state index in [2.05, 4.69) is 5.32 Å². The highest BCUT2D eigenvalue weighted by molar-refractivity contribution is 7.18. The third-order valence-electron chi connectivity index (χ3n) is 2.81. The van der Waals surface area contributed by atoms with Gasteiger partial charge in [0, 0.05) is 19.4 Å². The highest BCUT2D eigenvalue weighted by Gasteiger charge is 2.11. The fourth-order valence-electron chi connectivity index (χ4n) is 1.75. The predicted molar refractivity (Wildman–Crippen MR) is 81.1 cm³/mol. The predicted octanol–water partition coefficient (Wildman–Crippen LogP) is 3.82. The summed E-state index contributed by atoms with van der Waals surface area (Å²) in [6.07, 6.45) is 0.232. The van der Waals surface area contributed by atoms with Gasteiger partial charge >= 0.3 is 0 Å². The zero-order valence-electron chi connectivity index (χ0n) is 11.1. The first-order valence-electron chi connectivity index (χ1n) is 6.34. The summed E-state index contributed by atoms with van der Waals surface area (Å²) in [7, 11) is 0. The molecule has 0 radical (unpaired) electrons. The number of hydrogen-bond donors (Lipinski definition) is 1. The molecule has 0 unspecified atom stereocenters. The van der Waals surface area contributed by atoms with Crippen molar-refractivity contribution in [3.63, 3.8) is 0 Å². The zero-order chi connectivity index (χ0) is 15.2. The van der Waals surface area contributed by atoms with Crippen molar-refractivity contribution in [1.29, 1.82) is 0 Å². The number of carbonyl (C=O) groups excluding carboxylic acids is 2. The second-order valence-electron chi connectivity index (χ2n) is 4.43. The van der Waals surface area contributed by atoms with Gasteiger partial charge in [-0.15, -0.1) is 11.3 Å². The average Bonchev–Trinajstić information content (AvgIpc) is 2.89. The number of ketones is 1. The molecule has 1 heterocycles. The molecular weight excluding hydrogens is 313 g/mol. The Balaban J connectivity index is 1.76. The first kappa shape index (κ1) is 15.7. The number of thiophene rings is 1. The van der Waals surface area contributed by atoms with Gasteiger partial charge in [-0.25, -0.2) is 4.39 Å². The van der Waals surface area contributed by atoms with E-state index in [0.717, 1.165) is 0 Å². The van der Waals surface area contributed by atoms with Gasteiger partial charge in [-0.1, -0.05) is 23.7 Å². The SMILES string of the molecule is O=C(CCC(=O)c1ccc(Cl)s1)NCc1cccc(F)c1. The largest absolute Gasteiger partial charge is 0.352 e. The molecule has 21 heavy (non-hydrogen) atoms. The molecule has 1 aromatic carbocycles. The molecule has 0 aliphatic heterocycles. The summed E-state index contributed by atoms with van der Waals surface area (Å²) in [5.41, 5.74) is 0.680. The quantitative estimate of drug-likeness (QED) is 0.821. The second-order valence-corrected chi connectivity index (χ2v) is 6.15. The lowest BCUT2D eigenvalue weighted by Gasteiger charge is -2.05. The fraction of sp³-hybridized carbons (Fsp3) is 0.200. The molecule has 0 fully saturated rings. The highest BCUT2D eigenvalue weighted by Crippen LogP contribution is 2.22. The number of hydrogen-bond acceptors (Lipinski definition) is 3. The molecule has 3 nitrogen and oxygen atoms in total. The zero-order valence-corrected chi connectivity index (χ0v) is 12.6. The summed E-state index contributed by atoms with van der Waals surface area (Å²) < 4.78 is 13.5. The fourth-order valence-corrected chi connectivity index (χ4v) is 2.76. The Morgan fingerprint density at radius 1 is 1.19 bits per heavy atom. The van der Waals surface area contributed by atoms with E-state index in [1.807, 2.05) is 0 Å². The van der Waals surface area contributed by atoms with Crippen molar-refractivity contribution in [2.45, 2.75) is 19.4 Å². The molecule has 0 bridgehead atoms. The summed E-state index contributed by atoms with van der Waals surface area (Å²) in [6.45, 7) is 0.246. The maximum Gasteiger partial charge on any atom is 0.220 e. The molecule has 0 saturated heterocycles. The van der Waals surface area contributed by atoms with E-state index in [9.17, 15) is 14.0 Å². The van der Waals surface area contributed by atoms with Crippen molar-refractivity contribution in [2.24, 2.45) is 0 Å². The number of amides is 1. The van der Waals surface area contributed by atoms with Crippen LogP contribution in [-0.4, -0.2) is 11.7 Å². The third-order valence-corrected chi connectivity index (χ3v) is 4.08. The summed E-state index contributed by atoms with van der Waals surface area (Å²) in [5, 5.41) is 2.66. The molecule has 0 aliphatic carbocycles. The molecule has 0 atom stereocenters. The lowest BCUT2D eigenvalue weighted by atomic mass is 10.2. The van der Waals surface area contributed by atoms with Gasteiger partial charge < -0.3 is 5.32 Å². The van der Waals surface area contributed by atoms with Crippen LogP contribution in [0.3, 0.4) is 0 Å². The van der Waals surface area contributed by atoms with Gasteiger partial charge in [0.1, 0.15) is 5.82 Å². The number of benzene rings is 1. The first-order valence-corrected chi connectivity index (χ1v) is 7.54. The Kier molecular flexibility index (Phi) is 5.47. The van der Waals surface area contributed by atoms with Crippen LogP contribution in [-0.2, 0) is 11.3 Å². The second kappa shape index (κ2) is 7.33. The molecule has 1 amide bonds. The minimum Gasteiger partial charge on any atom is -0.352 e. The molecule has 0 spiro atoms. The molecule has 0 aliphatic rings. The smallest absolute Gasteiger partial charge is 0.220 e. The standard InChI is InChI=1S/C15H13ClFNO2S/c16-14-6-5-13(21-14)12(19)4-7-15(20)18-9-10-2-1-3-11(17)8-10/h1-3,5-6,8H,4,7,9H2,(H,18,20). The normalized spacial score (nSPS) is 10.4. The van der Waals surface area contributed by atoms with Crippen molar-refractivity contribution >= 4 is 34.6 Å². The van der Waals surface area contributed by atoms with Gasteiger partial charge in [0.2, 0.25) is 5.91 Å². The van der Waals surface area contributed by atoms with Gasteiger partial charge in [0.05, 0.1) is 9.21 Å². The van der Waals surface area contributed by atoms with Crippen LogP contribution < -0.4 is 5.32 Å². The molecule has 6 heteroatoms. The monoisotopic (exact) mass is 325 g/mol. The van der Waals surface area contributed by atoms with Gasteiger partial charge in [0.15, 0.2) is 5.78 Å². The van der Waals surface area contributed by atoms with Crippen molar-refractivity contribution in [3.05, 3.63) is 57.0 Å². The van der Waals surface area contributed by atoms with Crippen LogP contribution in [0.25, 0.3) is 0 Å². The van der Waals surface area contributed by atoms with Crippen LogP contribution in [0.1, 0.15) is 28.1 Å².